The van der Waals surface area contributed by atoms with Crippen LogP contribution in [0, 0.1) is 12.8 Å². The van der Waals surface area contributed by atoms with Gasteiger partial charge in [0.05, 0.1) is 19.1 Å². The number of likely N-dealkylation sites (tertiary alicyclic amines) is 1. The van der Waals surface area contributed by atoms with Crippen molar-refractivity contribution in [1.29, 1.82) is 0 Å². The minimum Gasteiger partial charge on any atom is -0.382 e. The van der Waals surface area contributed by atoms with Gasteiger partial charge < -0.3 is 19.7 Å². The summed E-state index contributed by atoms with van der Waals surface area (Å²) in [5.41, 5.74) is 1.81. The summed E-state index contributed by atoms with van der Waals surface area (Å²) in [6.07, 6.45) is 2.46. The lowest BCUT2D eigenvalue weighted by atomic mass is 9.96. The SMILES string of the molecule is COCCOCCCNC(=O)[C@@H]1CCCN(C(=O)c2ccc(C)cc2)C1. The van der Waals surface area contributed by atoms with Crippen LogP contribution < -0.4 is 5.32 Å². The van der Waals surface area contributed by atoms with Crippen molar-refractivity contribution in [3.05, 3.63) is 35.4 Å². The fourth-order valence-corrected chi connectivity index (χ4v) is 3.03. The van der Waals surface area contributed by atoms with Gasteiger partial charge in [-0.25, -0.2) is 0 Å². The molecule has 1 heterocycles. The van der Waals surface area contributed by atoms with Crippen LogP contribution in [0.3, 0.4) is 0 Å². The Morgan fingerprint density at radius 1 is 1.19 bits per heavy atom. The quantitative estimate of drug-likeness (QED) is 0.683. The fraction of sp³-hybridized carbons (Fsp3) is 0.600. The number of methoxy groups -OCH3 is 1. The van der Waals surface area contributed by atoms with Crippen LogP contribution in [0.2, 0.25) is 0 Å². The maximum absolute atomic E-state index is 12.6. The summed E-state index contributed by atoms with van der Waals surface area (Å²) in [5.74, 6) is -0.0927. The molecule has 0 aliphatic carbocycles. The lowest BCUT2D eigenvalue weighted by Crippen LogP contribution is -2.45. The van der Waals surface area contributed by atoms with E-state index in [-0.39, 0.29) is 17.7 Å². The second-order valence-corrected chi connectivity index (χ2v) is 6.71. The zero-order valence-corrected chi connectivity index (χ0v) is 15.8. The van der Waals surface area contributed by atoms with Gasteiger partial charge in [-0.3, -0.25) is 9.59 Å². The number of nitrogens with zero attached hydrogens (tertiary/aromatic N) is 1. The number of rotatable bonds is 9. The number of hydrogen-bond acceptors (Lipinski definition) is 4. The molecule has 0 bridgehead atoms. The molecule has 0 saturated carbocycles. The van der Waals surface area contributed by atoms with Crippen LogP contribution in [0.1, 0.15) is 35.2 Å². The molecule has 1 N–H and O–H groups in total. The van der Waals surface area contributed by atoms with Crippen molar-refractivity contribution in [2.45, 2.75) is 26.2 Å². The Bertz CT molecular complexity index is 574. The minimum absolute atomic E-state index is 0.00837. The van der Waals surface area contributed by atoms with Gasteiger partial charge in [-0.1, -0.05) is 17.7 Å². The number of carbonyl (C=O) groups excluding carboxylic acids is 2. The predicted octanol–water partition coefficient (Wildman–Crippen LogP) is 2.02. The van der Waals surface area contributed by atoms with Gasteiger partial charge >= 0.3 is 0 Å². The molecule has 0 spiro atoms. The number of benzene rings is 1. The topological polar surface area (TPSA) is 67.9 Å². The molecular weight excluding hydrogens is 332 g/mol. The van der Waals surface area contributed by atoms with Gasteiger partial charge in [0.2, 0.25) is 5.91 Å². The molecular formula is C20H30N2O4. The second kappa shape index (κ2) is 10.9. The molecule has 1 saturated heterocycles. The summed E-state index contributed by atoms with van der Waals surface area (Å²) in [7, 11) is 1.64. The molecule has 2 rings (SSSR count). The largest absolute Gasteiger partial charge is 0.382 e. The number of nitrogens with one attached hydrogen (secondary N) is 1. The highest BCUT2D eigenvalue weighted by Gasteiger charge is 2.28. The Hall–Kier alpha value is -1.92. The van der Waals surface area contributed by atoms with Crippen LogP contribution >= 0.6 is 0 Å². The van der Waals surface area contributed by atoms with Crippen molar-refractivity contribution in [2.24, 2.45) is 5.92 Å². The molecule has 1 aromatic rings. The molecule has 1 aliphatic heterocycles. The van der Waals surface area contributed by atoms with E-state index in [2.05, 4.69) is 5.32 Å². The Kier molecular flexibility index (Phi) is 8.58. The average Bonchev–Trinajstić information content (AvgIpc) is 2.67. The number of carbonyl (C=O) groups is 2. The van der Waals surface area contributed by atoms with E-state index in [1.165, 1.54) is 0 Å². The summed E-state index contributed by atoms with van der Waals surface area (Å²) >= 11 is 0. The first kappa shape index (κ1) is 20.4. The van der Waals surface area contributed by atoms with Gasteiger partial charge in [0.1, 0.15) is 0 Å². The lowest BCUT2D eigenvalue weighted by Gasteiger charge is -2.32. The second-order valence-electron chi connectivity index (χ2n) is 6.71. The van der Waals surface area contributed by atoms with Crippen molar-refractivity contribution >= 4 is 11.8 Å². The van der Waals surface area contributed by atoms with Gasteiger partial charge in [-0.15, -0.1) is 0 Å². The van der Waals surface area contributed by atoms with E-state index in [0.29, 0.717) is 45.0 Å². The Morgan fingerprint density at radius 3 is 2.69 bits per heavy atom. The van der Waals surface area contributed by atoms with E-state index in [1.807, 2.05) is 31.2 Å². The number of aryl methyl sites for hydroxylation is 1. The van der Waals surface area contributed by atoms with Crippen molar-refractivity contribution in [2.75, 3.05) is 46.6 Å². The summed E-state index contributed by atoms with van der Waals surface area (Å²) in [6.45, 7) is 5.55. The maximum Gasteiger partial charge on any atom is 0.253 e. The Labute approximate surface area is 155 Å². The third kappa shape index (κ3) is 6.42. The Balaban J connectivity index is 1.73. The van der Waals surface area contributed by atoms with Gasteiger partial charge in [0.15, 0.2) is 0 Å². The van der Waals surface area contributed by atoms with Gasteiger partial charge in [-0.2, -0.15) is 0 Å². The summed E-state index contributed by atoms with van der Waals surface area (Å²) < 4.78 is 10.3. The summed E-state index contributed by atoms with van der Waals surface area (Å²) in [5, 5.41) is 2.96. The van der Waals surface area contributed by atoms with Gasteiger partial charge in [0.25, 0.3) is 5.91 Å². The molecule has 1 aliphatic rings. The van der Waals surface area contributed by atoms with E-state index >= 15 is 0 Å². The van der Waals surface area contributed by atoms with Crippen molar-refractivity contribution in [3.8, 4) is 0 Å². The van der Waals surface area contributed by atoms with E-state index < -0.39 is 0 Å². The Morgan fingerprint density at radius 2 is 1.96 bits per heavy atom. The van der Waals surface area contributed by atoms with Crippen molar-refractivity contribution in [3.63, 3.8) is 0 Å². The van der Waals surface area contributed by atoms with Crippen LogP contribution in [0.5, 0.6) is 0 Å². The molecule has 1 aromatic carbocycles. The first-order valence-electron chi connectivity index (χ1n) is 9.32. The fourth-order valence-electron chi connectivity index (χ4n) is 3.03. The molecule has 2 amide bonds. The third-order valence-electron chi connectivity index (χ3n) is 4.57. The normalized spacial score (nSPS) is 17.2. The molecule has 1 atom stereocenters. The molecule has 144 valence electrons. The number of amides is 2. The minimum atomic E-state index is -0.132. The van der Waals surface area contributed by atoms with E-state index in [9.17, 15) is 9.59 Å². The van der Waals surface area contributed by atoms with Crippen LogP contribution in [0.15, 0.2) is 24.3 Å². The van der Waals surface area contributed by atoms with Gasteiger partial charge in [0, 0.05) is 38.9 Å². The molecule has 0 aromatic heterocycles. The average molecular weight is 362 g/mol. The molecule has 0 radical (unpaired) electrons. The molecule has 6 heteroatoms. The lowest BCUT2D eigenvalue weighted by molar-refractivity contribution is -0.126. The smallest absolute Gasteiger partial charge is 0.253 e. The predicted molar refractivity (Wildman–Crippen MR) is 100 cm³/mol. The third-order valence-corrected chi connectivity index (χ3v) is 4.57. The van der Waals surface area contributed by atoms with Gasteiger partial charge in [-0.05, 0) is 38.3 Å². The van der Waals surface area contributed by atoms with E-state index in [4.69, 9.17) is 9.47 Å². The first-order chi connectivity index (χ1) is 12.6. The molecule has 6 nitrogen and oxygen atoms in total. The van der Waals surface area contributed by atoms with E-state index in [1.54, 1.807) is 12.0 Å². The zero-order chi connectivity index (χ0) is 18.8. The first-order valence-corrected chi connectivity index (χ1v) is 9.32. The molecule has 26 heavy (non-hydrogen) atoms. The van der Waals surface area contributed by atoms with Crippen LogP contribution in [-0.2, 0) is 14.3 Å². The highest BCUT2D eigenvalue weighted by atomic mass is 16.5. The van der Waals surface area contributed by atoms with Crippen molar-refractivity contribution in [1.82, 2.24) is 10.2 Å². The van der Waals surface area contributed by atoms with Crippen LogP contribution in [0.25, 0.3) is 0 Å². The monoisotopic (exact) mass is 362 g/mol. The van der Waals surface area contributed by atoms with E-state index in [0.717, 1.165) is 24.8 Å². The highest BCUT2D eigenvalue weighted by Crippen LogP contribution is 2.19. The highest BCUT2D eigenvalue weighted by molar-refractivity contribution is 5.94. The molecule has 1 fully saturated rings. The van der Waals surface area contributed by atoms with Crippen LogP contribution in [-0.4, -0.2) is 63.3 Å². The molecule has 0 unspecified atom stereocenters. The van der Waals surface area contributed by atoms with Crippen LogP contribution in [0.4, 0.5) is 0 Å². The van der Waals surface area contributed by atoms with Crippen molar-refractivity contribution < 1.29 is 19.1 Å². The number of hydrogen-bond donors (Lipinski definition) is 1. The standard InChI is InChI=1S/C20H30N2O4/c1-16-6-8-17(9-7-16)20(24)22-11-3-5-18(15-22)19(23)21-10-4-12-26-14-13-25-2/h6-9,18H,3-5,10-15H2,1-2H3,(H,21,23)/t18-/m1/s1. The summed E-state index contributed by atoms with van der Waals surface area (Å²) in [6, 6.07) is 7.59. The number of ether oxygens (including phenoxy) is 2. The summed E-state index contributed by atoms with van der Waals surface area (Å²) in [4.78, 5) is 26.8. The number of piperidine rings is 1. The zero-order valence-electron chi connectivity index (χ0n) is 15.8. The maximum atomic E-state index is 12.6.